The van der Waals surface area contributed by atoms with Crippen LogP contribution in [0.1, 0.15) is 11.1 Å². The molecule has 1 aliphatic heterocycles. The number of amides is 1. The third kappa shape index (κ3) is 5.75. The number of nitrogens with zero attached hydrogens (tertiary/aromatic N) is 2. The monoisotopic (exact) mass is 532 g/mol. The normalized spacial score (nSPS) is 14.9. The second kappa shape index (κ2) is 11.0. The van der Waals surface area contributed by atoms with Gasteiger partial charge in [0, 0.05) is 48.6 Å². The molecule has 0 saturated carbocycles. The fourth-order valence-electron chi connectivity index (χ4n) is 4.78. The molecule has 9 heteroatoms. The second-order valence-electron chi connectivity index (χ2n) is 9.61. The lowest BCUT2D eigenvalue weighted by molar-refractivity contribution is -0.117. The number of carbonyl (C=O) groups excluding carboxylic acids is 1. The minimum Gasteiger partial charge on any atom is -0.378 e. The van der Waals surface area contributed by atoms with Gasteiger partial charge in [-0.25, -0.2) is 8.42 Å². The lowest BCUT2D eigenvalue weighted by Crippen LogP contribution is -2.45. The number of anilines is 2. The van der Waals surface area contributed by atoms with Crippen molar-refractivity contribution in [3.8, 4) is 0 Å². The molecular weight excluding hydrogens is 500 g/mol. The molecule has 0 aliphatic carbocycles. The summed E-state index contributed by atoms with van der Waals surface area (Å²) >= 11 is 0. The third-order valence-corrected chi connectivity index (χ3v) is 8.35. The highest BCUT2D eigenvalue weighted by atomic mass is 32.2. The van der Waals surface area contributed by atoms with Crippen LogP contribution in [0.2, 0.25) is 0 Å². The molecule has 38 heavy (non-hydrogen) atoms. The number of para-hydroxylation sites is 1. The predicted octanol–water partition coefficient (Wildman–Crippen LogP) is 3.85. The Morgan fingerprint density at radius 1 is 0.974 bits per heavy atom. The highest BCUT2D eigenvalue weighted by molar-refractivity contribution is 7.89. The number of hydrogen-bond acceptors (Lipinski definition) is 5. The highest BCUT2D eigenvalue weighted by Gasteiger charge is 2.27. The smallest absolute Gasteiger partial charge is 0.242 e. The molecule has 1 saturated heterocycles. The topological polar surface area (TPSA) is 92.7 Å². The second-order valence-corrected chi connectivity index (χ2v) is 11.3. The van der Waals surface area contributed by atoms with E-state index in [2.05, 4.69) is 14.9 Å². The maximum absolute atomic E-state index is 13.5. The number of benzene rings is 3. The van der Waals surface area contributed by atoms with Crippen LogP contribution >= 0.6 is 0 Å². The van der Waals surface area contributed by atoms with Crippen LogP contribution < -0.4 is 14.9 Å². The van der Waals surface area contributed by atoms with Crippen molar-refractivity contribution >= 4 is 38.2 Å². The van der Waals surface area contributed by atoms with Crippen molar-refractivity contribution in [2.24, 2.45) is 7.05 Å². The van der Waals surface area contributed by atoms with Crippen LogP contribution in [-0.2, 0) is 33.0 Å². The average molecular weight is 533 g/mol. The number of ether oxygens (including phenoxy) is 1. The van der Waals surface area contributed by atoms with Crippen LogP contribution in [0.4, 0.5) is 11.4 Å². The first kappa shape index (κ1) is 26.0. The lowest BCUT2D eigenvalue weighted by Gasteiger charge is -2.29. The van der Waals surface area contributed by atoms with Crippen LogP contribution in [0.15, 0.2) is 83.9 Å². The molecule has 198 valence electrons. The first-order valence-corrected chi connectivity index (χ1v) is 14.1. The molecule has 1 aliphatic rings. The molecule has 1 fully saturated rings. The minimum atomic E-state index is -3.94. The molecule has 1 amide bonds. The van der Waals surface area contributed by atoms with Gasteiger partial charge >= 0.3 is 0 Å². The quantitative estimate of drug-likeness (QED) is 0.360. The summed E-state index contributed by atoms with van der Waals surface area (Å²) in [5, 5.41) is 3.90. The highest BCUT2D eigenvalue weighted by Crippen LogP contribution is 2.24. The van der Waals surface area contributed by atoms with Crippen molar-refractivity contribution in [3.05, 3.63) is 90.1 Å². The predicted molar refractivity (Wildman–Crippen MR) is 150 cm³/mol. The molecule has 1 atom stereocenters. The SMILES string of the molecule is Cc1ccc(S(=O)(=O)N[C@@H](Cc2cn(C)c3ccccc23)C(=O)Nc2ccc(N3CCOCC3)cc2)cc1. The molecule has 3 aromatic carbocycles. The van der Waals surface area contributed by atoms with Crippen LogP contribution in [0.25, 0.3) is 10.9 Å². The van der Waals surface area contributed by atoms with Crippen molar-refractivity contribution in [2.75, 3.05) is 36.5 Å². The van der Waals surface area contributed by atoms with Crippen LogP contribution in [0.5, 0.6) is 0 Å². The zero-order chi connectivity index (χ0) is 26.7. The summed E-state index contributed by atoms with van der Waals surface area (Å²) in [4.78, 5) is 15.9. The van der Waals surface area contributed by atoms with Gasteiger partial charge in [-0.05, 0) is 61.4 Å². The number of carbonyl (C=O) groups is 1. The summed E-state index contributed by atoms with van der Waals surface area (Å²) < 4.78 is 36.6. The van der Waals surface area contributed by atoms with Crippen molar-refractivity contribution < 1.29 is 17.9 Å². The molecule has 0 spiro atoms. The van der Waals surface area contributed by atoms with Crippen LogP contribution in [0.3, 0.4) is 0 Å². The average Bonchev–Trinajstić information content (AvgIpc) is 3.24. The molecule has 1 aromatic heterocycles. The summed E-state index contributed by atoms with van der Waals surface area (Å²) in [6.07, 6.45) is 2.15. The van der Waals surface area contributed by atoms with E-state index in [0.717, 1.165) is 40.8 Å². The number of rotatable bonds is 8. The van der Waals surface area contributed by atoms with E-state index in [9.17, 15) is 13.2 Å². The molecule has 0 bridgehead atoms. The Morgan fingerprint density at radius 3 is 2.37 bits per heavy atom. The number of nitrogens with one attached hydrogen (secondary N) is 2. The van der Waals surface area contributed by atoms with Gasteiger partial charge in [-0.15, -0.1) is 0 Å². The van der Waals surface area contributed by atoms with E-state index in [1.165, 1.54) is 0 Å². The molecule has 2 N–H and O–H groups in total. The minimum absolute atomic E-state index is 0.119. The Bertz CT molecular complexity index is 1520. The van der Waals surface area contributed by atoms with Gasteiger partial charge in [-0.3, -0.25) is 4.79 Å². The molecular formula is C29H32N4O4S. The Morgan fingerprint density at radius 2 is 1.66 bits per heavy atom. The number of morpholine rings is 1. The van der Waals surface area contributed by atoms with Gasteiger partial charge in [-0.1, -0.05) is 35.9 Å². The number of aromatic nitrogens is 1. The van der Waals surface area contributed by atoms with Gasteiger partial charge in [0.2, 0.25) is 15.9 Å². The van der Waals surface area contributed by atoms with Crippen LogP contribution in [0, 0.1) is 6.92 Å². The van der Waals surface area contributed by atoms with Crippen molar-refractivity contribution in [1.82, 2.24) is 9.29 Å². The maximum atomic E-state index is 13.5. The molecule has 8 nitrogen and oxygen atoms in total. The Kier molecular flexibility index (Phi) is 7.51. The van der Waals surface area contributed by atoms with Crippen molar-refractivity contribution in [1.29, 1.82) is 0 Å². The van der Waals surface area contributed by atoms with E-state index in [4.69, 9.17) is 4.74 Å². The first-order valence-electron chi connectivity index (χ1n) is 12.7. The van der Waals surface area contributed by atoms with E-state index >= 15 is 0 Å². The van der Waals surface area contributed by atoms with Gasteiger partial charge in [0.25, 0.3) is 0 Å². The Balaban J connectivity index is 1.40. The number of aryl methyl sites for hydroxylation is 2. The molecule has 5 rings (SSSR count). The maximum Gasteiger partial charge on any atom is 0.242 e. The lowest BCUT2D eigenvalue weighted by atomic mass is 10.0. The molecule has 2 heterocycles. The van der Waals surface area contributed by atoms with E-state index in [0.29, 0.717) is 18.9 Å². The van der Waals surface area contributed by atoms with E-state index in [1.54, 1.807) is 24.3 Å². The summed E-state index contributed by atoms with van der Waals surface area (Å²) in [6, 6.07) is 21.0. The van der Waals surface area contributed by atoms with Crippen LogP contribution in [-0.4, -0.2) is 51.2 Å². The molecule has 0 radical (unpaired) electrons. The van der Waals surface area contributed by atoms with Gasteiger partial charge in [-0.2, -0.15) is 4.72 Å². The molecule has 0 unspecified atom stereocenters. The van der Waals surface area contributed by atoms with E-state index in [1.807, 2.05) is 73.3 Å². The van der Waals surface area contributed by atoms with E-state index < -0.39 is 22.0 Å². The van der Waals surface area contributed by atoms with Gasteiger partial charge in [0.1, 0.15) is 6.04 Å². The van der Waals surface area contributed by atoms with Gasteiger partial charge in [0.15, 0.2) is 0 Å². The number of hydrogen-bond donors (Lipinski definition) is 2. The molecule has 4 aromatic rings. The standard InChI is InChI=1S/C29H32N4O4S/c1-21-7-13-25(14-8-21)38(35,36)31-27(19-22-20-32(2)28-6-4-3-5-26(22)28)29(34)30-23-9-11-24(12-10-23)33-15-17-37-18-16-33/h3-14,20,27,31H,15-19H2,1-2H3,(H,30,34)/t27-/m0/s1. The zero-order valence-electron chi connectivity index (χ0n) is 21.6. The Labute approximate surface area is 223 Å². The summed E-state index contributed by atoms with van der Waals surface area (Å²) in [6.45, 7) is 4.91. The van der Waals surface area contributed by atoms with Gasteiger partial charge < -0.3 is 19.5 Å². The van der Waals surface area contributed by atoms with Crippen molar-refractivity contribution in [2.45, 2.75) is 24.3 Å². The fraction of sp³-hybridized carbons (Fsp3) is 0.276. The first-order chi connectivity index (χ1) is 18.3. The number of fused-ring (bicyclic) bond motifs is 1. The third-order valence-electron chi connectivity index (χ3n) is 6.86. The largest absolute Gasteiger partial charge is 0.378 e. The van der Waals surface area contributed by atoms with Gasteiger partial charge in [0.05, 0.1) is 18.1 Å². The number of sulfonamides is 1. The summed E-state index contributed by atoms with van der Waals surface area (Å²) in [5.74, 6) is -0.423. The Hall–Kier alpha value is -3.66. The van der Waals surface area contributed by atoms with E-state index in [-0.39, 0.29) is 11.3 Å². The fourth-order valence-corrected chi connectivity index (χ4v) is 5.97. The van der Waals surface area contributed by atoms with Crippen molar-refractivity contribution in [3.63, 3.8) is 0 Å². The summed E-state index contributed by atoms with van der Waals surface area (Å²) in [7, 11) is -2.00. The zero-order valence-corrected chi connectivity index (χ0v) is 22.4. The summed E-state index contributed by atoms with van der Waals surface area (Å²) in [5.41, 5.74) is 4.51.